The summed E-state index contributed by atoms with van der Waals surface area (Å²) in [6.07, 6.45) is 10.2. The highest BCUT2D eigenvalue weighted by Gasteiger charge is 2.27. The average molecular weight is 276 g/mol. The fraction of sp³-hybridized carbons (Fsp3) is 0.688. The molecular weight excluding hydrogens is 252 g/mol. The second kappa shape index (κ2) is 6.00. The molecule has 3 rings (SSSR count). The highest BCUT2D eigenvalue weighted by Crippen LogP contribution is 2.32. The third-order valence-electron chi connectivity index (χ3n) is 4.78. The number of carbonyl (C=O) groups is 1. The summed E-state index contributed by atoms with van der Waals surface area (Å²) in [5, 5.41) is 13.2. The van der Waals surface area contributed by atoms with Gasteiger partial charge in [0.15, 0.2) is 0 Å². The first-order valence-electron chi connectivity index (χ1n) is 7.91. The summed E-state index contributed by atoms with van der Waals surface area (Å²) in [5.74, 6) is -0.0344. The molecule has 1 amide bonds. The lowest BCUT2D eigenvalue weighted by Gasteiger charge is -2.29. The number of aliphatic hydroxyl groups is 1. The second-order valence-corrected chi connectivity index (χ2v) is 6.17. The molecule has 20 heavy (non-hydrogen) atoms. The molecule has 0 aliphatic heterocycles. The molecule has 0 saturated heterocycles. The fourth-order valence-corrected chi connectivity index (χ4v) is 3.27. The Kier molecular flexibility index (Phi) is 4.10. The maximum absolute atomic E-state index is 12.5. The van der Waals surface area contributed by atoms with E-state index in [-0.39, 0.29) is 11.9 Å². The summed E-state index contributed by atoms with van der Waals surface area (Å²) in [7, 11) is 0. The zero-order valence-electron chi connectivity index (χ0n) is 11.9. The van der Waals surface area contributed by atoms with E-state index in [1.165, 1.54) is 19.3 Å². The van der Waals surface area contributed by atoms with Gasteiger partial charge in [-0.2, -0.15) is 0 Å². The first-order valence-corrected chi connectivity index (χ1v) is 7.91. The summed E-state index contributed by atoms with van der Waals surface area (Å²) >= 11 is 0. The van der Waals surface area contributed by atoms with E-state index in [0.717, 1.165) is 37.8 Å². The summed E-state index contributed by atoms with van der Waals surface area (Å²) in [6.45, 7) is 0. The molecule has 4 heteroatoms. The van der Waals surface area contributed by atoms with Gasteiger partial charge in [0, 0.05) is 12.2 Å². The van der Waals surface area contributed by atoms with Crippen LogP contribution in [0.5, 0.6) is 0 Å². The van der Waals surface area contributed by atoms with Gasteiger partial charge in [-0.1, -0.05) is 19.3 Å². The van der Waals surface area contributed by atoms with Gasteiger partial charge < -0.3 is 15.0 Å². The molecule has 2 N–H and O–H groups in total. The largest absolute Gasteiger partial charge is 0.391 e. The molecule has 2 unspecified atom stereocenters. The van der Waals surface area contributed by atoms with Crippen LogP contribution in [0.1, 0.15) is 67.9 Å². The topological polar surface area (TPSA) is 54.3 Å². The molecule has 2 fully saturated rings. The quantitative estimate of drug-likeness (QED) is 0.834. The lowest BCUT2D eigenvalue weighted by atomic mass is 9.93. The minimum atomic E-state index is -0.395. The van der Waals surface area contributed by atoms with E-state index < -0.39 is 6.10 Å². The predicted octanol–water partition coefficient (Wildman–Crippen LogP) is 2.64. The molecule has 4 nitrogen and oxygen atoms in total. The number of carbonyl (C=O) groups excluding carboxylic acids is 1. The van der Waals surface area contributed by atoms with Crippen molar-refractivity contribution in [2.45, 2.75) is 69.6 Å². The van der Waals surface area contributed by atoms with Gasteiger partial charge >= 0.3 is 0 Å². The van der Waals surface area contributed by atoms with Crippen LogP contribution in [0.25, 0.3) is 0 Å². The third-order valence-corrected chi connectivity index (χ3v) is 4.78. The van der Waals surface area contributed by atoms with E-state index in [2.05, 4.69) is 9.88 Å². The Hall–Kier alpha value is -1.29. The average Bonchev–Trinajstić information content (AvgIpc) is 2.74. The first-order chi connectivity index (χ1) is 9.75. The van der Waals surface area contributed by atoms with Gasteiger partial charge in [-0.05, 0) is 44.2 Å². The van der Waals surface area contributed by atoms with Crippen molar-refractivity contribution in [3.63, 3.8) is 0 Å². The Morgan fingerprint density at radius 3 is 2.70 bits per heavy atom. The number of amides is 1. The SMILES string of the molecule is O=C(NC1CCCCCC1O)c1cccn1C1CCC1. The third kappa shape index (κ3) is 2.75. The van der Waals surface area contributed by atoms with Crippen LogP contribution in [-0.2, 0) is 0 Å². The van der Waals surface area contributed by atoms with Crippen LogP contribution in [0.4, 0.5) is 0 Å². The molecule has 0 radical (unpaired) electrons. The van der Waals surface area contributed by atoms with Crippen molar-refractivity contribution in [3.05, 3.63) is 24.0 Å². The number of nitrogens with zero attached hydrogens (tertiary/aromatic N) is 1. The smallest absolute Gasteiger partial charge is 0.268 e. The van der Waals surface area contributed by atoms with Gasteiger partial charge in [0.25, 0.3) is 5.91 Å². The zero-order valence-corrected chi connectivity index (χ0v) is 11.9. The summed E-state index contributed by atoms with van der Waals surface area (Å²) in [5.41, 5.74) is 0.742. The maximum atomic E-state index is 12.5. The van der Waals surface area contributed by atoms with E-state index in [4.69, 9.17) is 0 Å². The highest BCUT2D eigenvalue weighted by molar-refractivity contribution is 5.93. The molecule has 2 atom stereocenters. The van der Waals surface area contributed by atoms with Gasteiger partial charge in [-0.3, -0.25) is 4.79 Å². The number of rotatable bonds is 3. The van der Waals surface area contributed by atoms with Crippen LogP contribution in [0.15, 0.2) is 18.3 Å². The predicted molar refractivity (Wildman–Crippen MR) is 77.7 cm³/mol. The van der Waals surface area contributed by atoms with Gasteiger partial charge in [0.2, 0.25) is 0 Å². The molecule has 110 valence electrons. The molecule has 1 aromatic heterocycles. The lowest BCUT2D eigenvalue weighted by Crippen LogP contribution is -2.43. The molecule has 1 heterocycles. The summed E-state index contributed by atoms with van der Waals surface area (Å²) in [6, 6.07) is 4.23. The van der Waals surface area contributed by atoms with E-state index in [0.29, 0.717) is 6.04 Å². The zero-order chi connectivity index (χ0) is 13.9. The Balaban J connectivity index is 1.67. The number of hydrogen-bond donors (Lipinski definition) is 2. The Morgan fingerprint density at radius 1 is 1.15 bits per heavy atom. The standard InChI is InChI=1S/C16H24N2O2/c19-15-10-3-1-2-8-13(15)17-16(20)14-9-5-11-18(14)12-6-4-7-12/h5,9,11-13,15,19H,1-4,6-8,10H2,(H,17,20). The molecule has 2 saturated carbocycles. The highest BCUT2D eigenvalue weighted by atomic mass is 16.3. The van der Waals surface area contributed by atoms with Crippen LogP contribution in [0.3, 0.4) is 0 Å². The van der Waals surface area contributed by atoms with E-state index in [9.17, 15) is 9.90 Å². The monoisotopic (exact) mass is 276 g/mol. The number of aliphatic hydroxyl groups excluding tert-OH is 1. The molecule has 1 aromatic rings. The van der Waals surface area contributed by atoms with Gasteiger partial charge in [-0.15, -0.1) is 0 Å². The van der Waals surface area contributed by atoms with Crippen molar-refractivity contribution >= 4 is 5.91 Å². The van der Waals surface area contributed by atoms with Crippen molar-refractivity contribution in [2.75, 3.05) is 0 Å². The maximum Gasteiger partial charge on any atom is 0.268 e. The molecule has 0 bridgehead atoms. The number of aromatic nitrogens is 1. The number of hydrogen-bond acceptors (Lipinski definition) is 2. The molecule has 0 aromatic carbocycles. The van der Waals surface area contributed by atoms with Crippen LogP contribution in [0.2, 0.25) is 0 Å². The Bertz CT molecular complexity index is 465. The van der Waals surface area contributed by atoms with Crippen molar-refractivity contribution in [1.29, 1.82) is 0 Å². The number of nitrogens with one attached hydrogen (secondary N) is 1. The van der Waals surface area contributed by atoms with Crippen LogP contribution < -0.4 is 5.32 Å². The van der Waals surface area contributed by atoms with Crippen molar-refractivity contribution in [2.24, 2.45) is 0 Å². The van der Waals surface area contributed by atoms with Crippen LogP contribution in [-0.4, -0.2) is 27.7 Å². The van der Waals surface area contributed by atoms with E-state index in [1.807, 2.05) is 18.3 Å². The molecule has 0 spiro atoms. The molecular formula is C16H24N2O2. The fourth-order valence-electron chi connectivity index (χ4n) is 3.27. The minimum absolute atomic E-state index is 0.0344. The summed E-state index contributed by atoms with van der Waals surface area (Å²) < 4.78 is 2.10. The minimum Gasteiger partial charge on any atom is -0.391 e. The van der Waals surface area contributed by atoms with Gasteiger partial charge in [0.05, 0.1) is 12.1 Å². The molecule has 2 aliphatic carbocycles. The summed E-state index contributed by atoms with van der Waals surface area (Å²) in [4.78, 5) is 12.5. The molecule has 2 aliphatic rings. The van der Waals surface area contributed by atoms with E-state index in [1.54, 1.807) is 0 Å². The van der Waals surface area contributed by atoms with Crippen molar-refractivity contribution in [1.82, 2.24) is 9.88 Å². The van der Waals surface area contributed by atoms with Crippen molar-refractivity contribution < 1.29 is 9.90 Å². The van der Waals surface area contributed by atoms with Gasteiger partial charge in [0.1, 0.15) is 5.69 Å². The van der Waals surface area contributed by atoms with Crippen LogP contribution >= 0.6 is 0 Å². The Morgan fingerprint density at radius 2 is 1.95 bits per heavy atom. The van der Waals surface area contributed by atoms with Crippen LogP contribution in [0, 0.1) is 0 Å². The van der Waals surface area contributed by atoms with E-state index >= 15 is 0 Å². The second-order valence-electron chi connectivity index (χ2n) is 6.17. The first kappa shape index (κ1) is 13.7. The van der Waals surface area contributed by atoms with Gasteiger partial charge in [-0.25, -0.2) is 0 Å². The Labute approximate surface area is 120 Å². The lowest BCUT2D eigenvalue weighted by molar-refractivity contribution is 0.0805. The normalized spacial score (nSPS) is 27.6. The van der Waals surface area contributed by atoms with Crippen molar-refractivity contribution in [3.8, 4) is 0 Å².